The Labute approximate surface area is 90.0 Å². The summed E-state index contributed by atoms with van der Waals surface area (Å²) in [7, 11) is 0. The second-order valence-corrected chi connectivity index (χ2v) is 4.39. The van der Waals surface area contributed by atoms with Gasteiger partial charge in [0.25, 0.3) is 0 Å². The summed E-state index contributed by atoms with van der Waals surface area (Å²) in [6.45, 7) is 7.97. The Kier molecular flexibility index (Phi) is 8.43. The first-order chi connectivity index (χ1) is 6.60. The third kappa shape index (κ3) is 7.47. The van der Waals surface area contributed by atoms with Gasteiger partial charge in [-0.25, -0.2) is 0 Å². The topological polar surface area (TPSA) is 35.5 Å². The molecule has 0 amide bonds. The third-order valence-electron chi connectivity index (χ3n) is 1.88. The van der Waals surface area contributed by atoms with Crippen LogP contribution in [-0.4, -0.2) is 16.4 Å². The zero-order valence-corrected chi connectivity index (χ0v) is 10.4. The van der Waals surface area contributed by atoms with Gasteiger partial charge in [-0.15, -0.1) is 0 Å². The van der Waals surface area contributed by atoms with Gasteiger partial charge in [-0.05, 0) is 26.7 Å². The van der Waals surface area contributed by atoms with Crippen molar-refractivity contribution in [3.8, 4) is 0 Å². The third-order valence-corrected chi connectivity index (χ3v) is 2.85. The van der Waals surface area contributed by atoms with Gasteiger partial charge >= 0.3 is 11.4 Å². The van der Waals surface area contributed by atoms with Crippen LogP contribution in [0.1, 0.15) is 53.4 Å². The molecule has 0 fully saturated rings. The number of rotatable bonds is 8. The quantitative estimate of drug-likeness (QED) is 0.633. The molecule has 0 rings (SSSR count). The molecular formula is C10H22O3S. The standard InChI is InChI=1S/C10H22O3S/c1-5-7-9(3)12-14(11)13-10(4)8-6-2/h9-10H,5-8H2,1-4H3. The minimum Gasteiger partial charge on any atom is -0.265 e. The molecule has 4 heteroatoms. The lowest BCUT2D eigenvalue weighted by molar-refractivity contribution is 0.153. The van der Waals surface area contributed by atoms with Crippen LogP contribution in [-0.2, 0) is 19.7 Å². The van der Waals surface area contributed by atoms with Crippen LogP contribution in [0.4, 0.5) is 0 Å². The maximum absolute atomic E-state index is 11.3. The first-order valence-electron chi connectivity index (χ1n) is 5.36. The van der Waals surface area contributed by atoms with E-state index < -0.39 is 11.4 Å². The molecule has 0 aromatic rings. The smallest absolute Gasteiger partial charge is 0.265 e. The fourth-order valence-electron chi connectivity index (χ4n) is 1.20. The summed E-state index contributed by atoms with van der Waals surface area (Å²) < 4.78 is 21.6. The molecule has 0 radical (unpaired) electrons. The maximum Gasteiger partial charge on any atom is 0.305 e. The normalized spacial score (nSPS) is 17.7. The van der Waals surface area contributed by atoms with Crippen LogP contribution in [0, 0.1) is 0 Å². The largest absolute Gasteiger partial charge is 0.305 e. The molecule has 0 spiro atoms. The molecule has 3 nitrogen and oxygen atoms in total. The Morgan fingerprint density at radius 1 is 1.00 bits per heavy atom. The van der Waals surface area contributed by atoms with E-state index in [4.69, 9.17) is 8.37 Å². The predicted molar refractivity (Wildman–Crippen MR) is 59.1 cm³/mol. The molecule has 2 unspecified atom stereocenters. The Balaban J connectivity index is 3.63. The molecule has 0 aromatic carbocycles. The van der Waals surface area contributed by atoms with Gasteiger partial charge in [0.2, 0.25) is 0 Å². The molecule has 0 aliphatic heterocycles. The lowest BCUT2D eigenvalue weighted by Crippen LogP contribution is -2.16. The highest BCUT2D eigenvalue weighted by molar-refractivity contribution is 7.75. The molecule has 14 heavy (non-hydrogen) atoms. The molecule has 86 valence electrons. The molecule has 2 atom stereocenters. The minimum atomic E-state index is -1.58. The first kappa shape index (κ1) is 14.1. The summed E-state index contributed by atoms with van der Waals surface area (Å²) in [5, 5.41) is 0. The van der Waals surface area contributed by atoms with Crippen LogP contribution in [0.15, 0.2) is 0 Å². The average Bonchev–Trinajstić information content (AvgIpc) is 2.03. The Hall–Kier alpha value is 0.0700. The molecular weight excluding hydrogens is 200 g/mol. The highest BCUT2D eigenvalue weighted by Gasteiger charge is 2.11. The van der Waals surface area contributed by atoms with Crippen LogP contribution in [0.3, 0.4) is 0 Å². The Morgan fingerprint density at radius 3 is 1.64 bits per heavy atom. The highest BCUT2D eigenvalue weighted by atomic mass is 32.2. The SMILES string of the molecule is CCCC(C)OS(=O)OC(C)CCC. The second kappa shape index (κ2) is 8.38. The van der Waals surface area contributed by atoms with E-state index in [0.717, 1.165) is 25.7 Å². The van der Waals surface area contributed by atoms with E-state index in [1.165, 1.54) is 0 Å². The maximum atomic E-state index is 11.3. The van der Waals surface area contributed by atoms with Crippen molar-refractivity contribution < 1.29 is 12.6 Å². The van der Waals surface area contributed by atoms with Crippen LogP contribution in [0.2, 0.25) is 0 Å². The summed E-state index contributed by atoms with van der Waals surface area (Å²) in [4.78, 5) is 0. The monoisotopic (exact) mass is 222 g/mol. The van der Waals surface area contributed by atoms with E-state index in [9.17, 15) is 4.21 Å². The molecule has 0 saturated carbocycles. The highest BCUT2D eigenvalue weighted by Crippen LogP contribution is 2.08. The number of hydrogen-bond acceptors (Lipinski definition) is 3. The van der Waals surface area contributed by atoms with Crippen LogP contribution in [0.25, 0.3) is 0 Å². The van der Waals surface area contributed by atoms with Gasteiger partial charge in [-0.3, -0.25) is 8.37 Å². The van der Waals surface area contributed by atoms with Crippen molar-refractivity contribution >= 4 is 11.4 Å². The van der Waals surface area contributed by atoms with Crippen molar-refractivity contribution in [2.45, 2.75) is 65.6 Å². The van der Waals surface area contributed by atoms with Crippen molar-refractivity contribution in [2.75, 3.05) is 0 Å². The fraction of sp³-hybridized carbons (Fsp3) is 1.00. The van der Waals surface area contributed by atoms with Gasteiger partial charge in [0.15, 0.2) is 0 Å². The van der Waals surface area contributed by atoms with E-state index in [2.05, 4.69) is 13.8 Å². The molecule has 0 aromatic heterocycles. The summed E-state index contributed by atoms with van der Waals surface area (Å²) in [5.41, 5.74) is 0. The van der Waals surface area contributed by atoms with Crippen LogP contribution >= 0.6 is 0 Å². The van der Waals surface area contributed by atoms with Gasteiger partial charge in [0, 0.05) is 0 Å². The summed E-state index contributed by atoms with van der Waals surface area (Å²) in [6, 6.07) is 0. The van der Waals surface area contributed by atoms with Gasteiger partial charge in [0.05, 0.1) is 12.2 Å². The fourth-order valence-corrected chi connectivity index (χ4v) is 1.97. The van der Waals surface area contributed by atoms with E-state index >= 15 is 0 Å². The molecule has 0 bridgehead atoms. The van der Waals surface area contributed by atoms with E-state index in [1.807, 2.05) is 13.8 Å². The Morgan fingerprint density at radius 2 is 1.36 bits per heavy atom. The zero-order chi connectivity index (χ0) is 11.0. The van der Waals surface area contributed by atoms with E-state index in [1.54, 1.807) is 0 Å². The molecule has 0 aliphatic rings. The first-order valence-corrected chi connectivity index (χ1v) is 6.36. The van der Waals surface area contributed by atoms with Crippen molar-refractivity contribution in [3.05, 3.63) is 0 Å². The lowest BCUT2D eigenvalue weighted by atomic mass is 10.2. The average molecular weight is 222 g/mol. The van der Waals surface area contributed by atoms with Crippen molar-refractivity contribution in [1.82, 2.24) is 0 Å². The molecule has 0 aliphatic carbocycles. The lowest BCUT2D eigenvalue weighted by Gasteiger charge is -2.13. The molecule has 0 heterocycles. The van der Waals surface area contributed by atoms with Crippen LogP contribution in [0.5, 0.6) is 0 Å². The molecule has 0 saturated heterocycles. The van der Waals surface area contributed by atoms with E-state index in [0.29, 0.717) is 0 Å². The van der Waals surface area contributed by atoms with E-state index in [-0.39, 0.29) is 12.2 Å². The van der Waals surface area contributed by atoms with Crippen molar-refractivity contribution in [3.63, 3.8) is 0 Å². The van der Waals surface area contributed by atoms with Crippen molar-refractivity contribution in [2.24, 2.45) is 0 Å². The van der Waals surface area contributed by atoms with Gasteiger partial charge in [-0.2, -0.15) is 4.21 Å². The molecule has 0 N–H and O–H groups in total. The second-order valence-electron chi connectivity index (χ2n) is 3.60. The van der Waals surface area contributed by atoms with Gasteiger partial charge in [0.1, 0.15) is 0 Å². The van der Waals surface area contributed by atoms with Crippen molar-refractivity contribution in [1.29, 1.82) is 0 Å². The summed E-state index contributed by atoms with van der Waals surface area (Å²) >= 11 is -1.58. The summed E-state index contributed by atoms with van der Waals surface area (Å²) in [5.74, 6) is 0. The van der Waals surface area contributed by atoms with Gasteiger partial charge in [-0.1, -0.05) is 26.7 Å². The zero-order valence-electron chi connectivity index (χ0n) is 9.62. The predicted octanol–water partition coefficient (Wildman–Crippen LogP) is 2.98. The number of hydrogen-bond donors (Lipinski definition) is 0. The summed E-state index contributed by atoms with van der Waals surface area (Å²) in [6.07, 6.45) is 3.91. The van der Waals surface area contributed by atoms with Gasteiger partial charge < -0.3 is 0 Å². The van der Waals surface area contributed by atoms with Crippen LogP contribution < -0.4 is 0 Å². The Bertz CT molecular complexity index is 145. The minimum absolute atomic E-state index is 0.00894.